The molecule has 1 aromatic heterocycles. The van der Waals surface area contributed by atoms with Crippen molar-refractivity contribution in [1.82, 2.24) is 9.88 Å². The standard InChI is InChI=1S/C27H34N2O2/c1-3-4-18-31-27(30)16-17-29-25-13-9-8-12-23(25)24-19-22(14-15-26(24)29)28-20(2)21-10-6-5-7-11-21/h5-13,20,22,28H,3-4,14-19H2,1-2H3. The summed E-state index contributed by atoms with van der Waals surface area (Å²) in [5.74, 6) is -0.0907. The minimum Gasteiger partial charge on any atom is -0.466 e. The van der Waals surface area contributed by atoms with Gasteiger partial charge in [-0.2, -0.15) is 0 Å². The fourth-order valence-electron chi connectivity index (χ4n) is 4.80. The summed E-state index contributed by atoms with van der Waals surface area (Å²) in [6.45, 7) is 5.58. The lowest BCUT2D eigenvalue weighted by Gasteiger charge is -2.28. The summed E-state index contributed by atoms with van der Waals surface area (Å²) in [4.78, 5) is 12.2. The predicted octanol–water partition coefficient (Wildman–Crippen LogP) is 5.58. The van der Waals surface area contributed by atoms with Crippen LogP contribution in [0.4, 0.5) is 0 Å². The summed E-state index contributed by atoms with van der Waals surface area (Å²) in [7, 11) is 0. The number of carbonyl (C=O) groups is 1. The average Bonchev–Trinajstić information content (AvgIpc) is 3.11. The van der Waals surface area contributed by atoms with Crippen LogP contribution in [0.25, 0.3) is 10.9 Å². The average molecular weight is 419 g/mol. The number of rotatable bonds is 9. The third kappa shape index (κ3) is 5.01. The molecule has 1 aliphatic rings. The van der Waals surface area contributed by atoms with Crippen LogP contribution in [-0.2, 0) is 28.9 Å². The highest BCUT2D eigenvalue weighted by molar-refractivity contribution is 5.86. The van der Waals surface area contributed by atoms with Gasteiger partial charge in [-0.3, -0.25) is 4.79 Å². The fourth-order valence-corrected chi connectivity index (χ4v) is 4.80. The number of unbranched alkanes of at least 4 members (excludes halogenated alkanes) is 1. The van der Waals surface area contributed by atoms with E-state index in [1.54, 1.807) is 0 Å². The maximum Gasteiger partial charge on any atom is 0.307 e. The van der Waals surface area contributed by atoms with Crippen molar-refractivity contribution in [2.75, 3.05) is 6.61 Å². The Kier molecular flexibility index (Phi) is 7.08. The van der Waals surface area contributed by atoms with Crippen LogP contribution >= 0.6 is 0 Å². The first-order chi connectivity index (χ1) is 15.2. The number of aryl methyl sites for hydroxylation is 1. The van der Waals surface area contributed by atoms with E-state index in [-0.39, 0.29) is 5.97 Å². The van der Waals surface area contributed by atoms with Gasteiger partial charge < -0.3 is 14.6 Å². The molecule has 1 heterocycles. The van der Waals surface area contributed by atoms with Crippen molar-refractivity contribution < 1.29 is 9.53 Å². The second-order valence-electron chi connectivity index (χ2n) is 8.66. The highest BCUT2D eigenvalue weighted by Crippen LogP contribution is 2.33. The molecule has 2 unspecified atom stereocenters. The first-order valence-corrected chi connectivity index (χ1v) is 11.7. The molecule has 4 nitrogen and oxygen atoms in total. The van der Waals surface area contributed by atoms with Crippen LogP contribution in [0.2, 0.25) is 0 Å². The fraction of sp³-hybridized carbons (Fsp3) is 0.444. The minimum atomic E-state index is -0.0907. The Morgan fingerprint density at radius 1 is 1.16 bits per heavy atom. The minimum absolute atomic E-state index is 0.0907. The smallest absolute Gasteiger partial charge is 0.307 e. The molecule has 0 saturated carbocycles. The highest BCUT2D eigenvalue weighted by atomic mass is 16.5. The number of hydrogen-bond acceptors (Lipinski definition) is 3. The first-order valence-electron chi connectivity index (χ1n) is 11.7. The van der Waals surface area contributed by atoms with E-state index in [0.29, 0.717) is 31.7 Å². The normalized spacial score (nSPS) is 16.8. The molecule has 3 aromatic rings. The van der Waals surface area contributed by atoms with E-state index in [9.17, 15) is 4.79 Å². The quantitative estimate of drug-likeness (QED) is 0.364. The van der Waals surface area contributed by atoms with E-state index in [1.165, 1.54) is 27.7 Å². The summed E-state index contributed by atoms with van der Waals surface area (Å²) >= 11 is 0. The van der Waals surface area contributed by atoms with Crippen LogP contribution in [-0.4, -0.2) is 23.2 Å². The monoisotopic (exact) mass is 418 g/mol. The molecule has 0 spiro atoms. The first kappa shape index (κ1) is 21.6. The van der Waals surface area contributed by atoms with Gasteiger partial charge >= 0.3 is 5.97 Å². The molecule has 0 saturated heterocycles. The number of para-hydroxylation sites is 1. The molecular formula is C27H34N2O2. The number of nitrogens with one attached hydrogen (secondary N) is 1. The maximum absolute atomic E-state index is 12.2. The van der Waals surface area contributed by atoms with Gasteiger partial charge in [0.1, 0.15) is 0 Å². The van der Waals surface area contributed by atoms with Gasteiger partial charge in [-0.05, 0) is 49.8 Å². The van der Waals surface area contributed by atoms with Gasteiger partial charge in [-0.25, -0.2) is 0 Å². The Balaban J connectivity index is 1.49. The Morgan fingerprint density at radius 2 is 1.94 bits per heavy atom. The van der Waals surface area contributed by atoms with Gasteiger partial charge in [0.05, 0.1) is 13.0 Å². The zero-order valence-corrected chi connectivity index (χ0v) is 18.8. The molecule has 0 fully saturated rings. The number of ether oxygens (including phenoxy) is 1. The number of nitrogens with zero attached hydrogens (tertiary/aromatic N) is 1. The molecule has 0 bridgehead atoms. The molecule has 1 aliphatic carbocycles. The van der Waals surface area contributed by atoms with E-state index in [4.69, 9.17) is 4.74 Å². The van der Waals surface area contributed by atoms with E-state index >= 15 is 0 Å². The van der Waals surface area contributed by atoms with Crippen molar-refractivity contribution in [3.63, 3.8) is 0 Å². The summed E-state index contributed by atoms with van der Waals surface area (Å²) in [5.41, 5.74) is 5.41. The zero-order chi connectivity index (χ0) is 21.6. The number of hydrogen-bond donors (Lipinski definition) is 1. The van der Waals surface area contributed by atoms with Gasteiger partial charge in [0.2, 0.25) is 0 Å². The Bertz CT molecular complexity index is 1010. The van der Waals surface area contributed by atoms with Crippen molar-refractivity contribution in [3.05, 3.63) is 71.4 Å². The molecular weight excluding hydrogens is 384 g/mol. The predicted molar refractivity (Wildman–Crippen MR) is 126 cm³/mol. The Hall–Kier alpha value is -2.59. The number of benzene rings is 2. The molecule has 2 aromatic carbocycles. The number of esters is 1. The number of aromatic nitrogens is 1. The van der Waals surface area contributed by atoms with Gasteiger partial charge in [0, 0.05) is 35.2 Å². The third-order valence-corrected chi connectivity index (χ3v) is 6.46. The van der Waals surface area contributed by atoms with Crippen molar-refractivity contribution in [3.8, 4) is 0 Å². The molecule has 164 valence electrons. The SMILES string of the molecule is CCCCOC(=O)CCn1c2c(c3ccccc31)CC(NC(C)c1ccccc1)CC2. The van der Waals surface area contributed by atoms with E-state index in [0.717, 1.165) is 32.1 Å². The van der Waals surface area contributed by atoms with Crippen LogP contribution < -0.4 is 5.32 Å². The molecule has 0 aliphatic heterocycles. The Morgan fingerprint density at radius 3 is 2.74 bits per heavy atom. The molecule has 0 amide bonds. The summed E-state index contributed by atoms with van der Waals surface area (Å²) in [6.07, 6.45) is 5.59. The van der Waals surface area contributed by atoms with Crippen molar-refractivity contribution in [2.24, 2.45) is 0 Å². The summed E-state index contributed by atoms with van der Waals surface area (Å²) < 4.78 is 7.74. The van der Waals surface area contributed by atoms with Crippen LogP contribution in [0.3, 0.4) is 0 Å². The molecule has 1 N–H and O–H groups in total. The summed E-state index contributed by atoms with van der Waals surface area (Å²) in [5, 5.41) is 5.17. The van der Waals surface area contributed by atoms with E-state index in [2.05, 4.69) is 78.3 Å². The molecule has 4 heteroatoms. The van der Waals surface area contributed by atoms with Crippen LogP contribution in [0, 0.1) is 0 Å². The lowest BCUT2D eigenvalue weighted by molar-refractivity contribution is -0.144. The molecule has 2 atom stereocenters. The van der Waals surface area contributed by atoms with Crippen molar-refractivity contribution in [1.29, 1.82) is 0 Å². The lowest BCUT2D eigenvalue weighted by Crippen LogP contribution is -2.36. The second-order valence-corrected chi connectivity index (χ2v) is 8.66. The highest BCUT2D eigenvalue weighted by Gasteiger charge is 2.26. The zero-order valence-electron chi connectivity index (χ0n) is 18.8. The van der Waals surface area contributed by atoms with Crippen molar-refractivity contribution in [2.45, 2.75) is 71.0 Å². The lowest BCUT2D eigenvalue weighted by atomic mass is 9.90. The van der Waals surface area contributed by atoms with Crippen LogP contribution in [0.5, 0.6) is 0 Å². The molecule has 4 rings (SSSR count). The molecule has 31 heavy (non-hydrogen) atoms. The van der Waals surface area contributed by atoms with Gasteiger partial charge in [0.15, 0.2) is 0 Å². The summed E-state index contributed by atoms with van der Waals surface area (Å²) in [6, 6.07) is 20.1. The van der Waals surface area contributed by atoms with Gasteiger partial charge in [0.25, 0.3) is 0 Å². The van der Waals surface area contributed by atoms with Gasteiger partial charge in [-0.15, -0.1) is 0 Å². The second kappa shape index (κ2) is 10.1. The topological polar surface area (TPSA) is 43.3 Å². The Labute approximate surface area is 185 Å². The molecule has 0 radical (unpaired) electrons. The van der Waals surface area contributed by atoms with E-state index in [1.807, 2.05) is 0 Å². The maximum atomic E-state index is 12.2. The third-order valence-electron chi connectivity index (χ3n) is 6.46. The number of fused-ring (bicyclic) bond motifs is 3. The van der Waals surface area contributed by atoms with Gasteiger partial charge in [-0.1, -0.05) is 61.9 Å². The number of carbonyl (C=O) groups excluding carboxylic acids is 1. The largest absolute Gasteiger partial charge is 0.466 e. The van der Waals surface area contributed by atoms with E-state index < -0.39 is 0 Å². The van der Waals surface area contributed by atoms with Crippen LogP contribution in [0.1, 0.15) is 62.4 Å². The van der Waals surface area contributed by atoms with Crippen molar-refractivity contribution >= 4 is 16.9 Å². The van der Waals surface area contributed by atoms with Crippen LogP contribution in [0.15, 0.2) is 54.6 Å².